The third kappa shape index (κ3) is 5.38. The molecule has 0 bridgehead atoms. The molecule has 1 aliphatic heterocycles. The Morgan fingerprint density at radius 3 is 2.69 bits per heavy atom. The van der Waals surface area contributed by atoms with Crippen LogP contribution in [0.15, 0.2) is 23.2 Å². The number of rotatable bonds is 6. The molecule has 1 aromatic rings. The number of carbonyl (C=O) groups excluding carboxylic acids is 1. The lowest BCUT2D eigenvalue weighted by atomic mass is 9.97. The third-order valence-electron chi connectivity index (χ3n) is 4.74. The number of aliphatic imine (C=N–C) groups is 1. The molecule has 0 aromatic heterocycles. The van der Waals surface area contributed by atoms with E-state index in [2.05, 4.69) is 34.3 Å². The molecule has 144 valence electrons. The Balaban J connectivity index is 1.84. The molecule has 6 heteroatoms. The van der Waals surface area contributed by atoms with Crippen molar-refractivity contribution in [3.05, 3.63) is 29.3 Å². The zero-order valence-corrected chi connectivity index (χ0v) is 16.4. The quantitative estimate of drug-likeness (QED) is 0.479. The van der Waals surface area contributed by atoms with E-state index in [0.717, 1.165) is 50.6 Å². The number of esters is 1. The summed E-state index contributed by atoms with van der Waals surface area (Å²) in [6.07, 6.45) is 2.49. The standard InChI is InChI=1S/C20H31N3O3/c1-5-26-19(24)16-9-12-23(13-10-16)20(21-3)22-11-8-17-14-15(2)6-7-18(17)25-4/h6-7,14,16H,5,8-13H2,1-4H3,(H,21,22). The van der Waals surface area contributed by atoms with Gasteiger partial charge in [-0.25, -0.2) is 0 Å². The lowest BCUT2D eigenvalue weighted by molar-refractivity contribution is -0.149. The SMILES string of the molecule is CCOC(=O)C1CCN(C(=NC)NCCc2cc(C)ccc2OC)CC1. The molecule has 26 heavy (non-hydrogen) atoms. The Kier molecular flexibility index (Phi) is 7.75. The maximum atomic E-state index is 11.9. The molecule has 0 amide bonds. The Morgan fingerprint density at radius 1 is 1.35 bits per heavy atom. The molecule has 0 radical (unpaired) electrons. The highest BCUT2D eigenvalue weighted by atomic mass is 16.5. The number of methoxy groups -OCH3 is 1. The van der Waals surface area contributed by atoms with Crippen LogP contribution in [-0.4, -0.2) is 57.2 Å². The minimum Gasteiger partial charge on any atom is -0.496 e. The Morgan fingerprint density at radius 2 is 2.08 bits per heavy atom. The summed E-state index contributed by atoms with van der Waals surface area (Å²) < 4.78 is 10.6. The predicted octanol–water partition coefficient (Wildman–Crippen LogP) is 2.40. The second-order valence-electron chi connectivity index (χ2n) is 6.55. The molecular formula is C20H31N3O3. The number of hydrogen-bond donors (Lipinski definition) is 1. The molecule has 0 atom stereocenters. The zero-order chi connectivity index (χ0) is 18.9. The fourth-order valence-electron chi connectivity index (χ4n) is 3.33. The Labute approximate surface area is 156 Å². The highest BCUT2D eigenvalue weighted by molar-refractivity contribution is 5.80. The number of likely N-dealkylation sites (tertiary alicyclic amines) is 1. The van der Waals surface area contributed by atoms with Gasteiger partial charge in [-0.3, -0.25) is 9.79 Å². The number of ether oxygens (including phenoxy) is 2. The van der Waals surface area contributed by atoms with Crippen molar-refractivity contribution in [2.45, 2.75) is 33.1 Å². The van der Waals surface area contributed by atoms with Crippen LogP contribution in [0.4, 0.5) is 0 Å². The first-order valence-corrected chi connectivity index (χ1v) is 9.34. The van der Waals surface area contributed by atoms with E-state index in [0.29, 0.717) is 6.61 Å². The third-order valence-corrected chi connectivity index (χ3v) is 4.74. The monoisotopic (exact) mass is 361 g/mol. The largest absolute Gasteiger partial charge is 0.496 e. The number of benzene rings is 1. The van der Waals surface area contributed by atoms with Crippen LogP contribution in [-0.2, 0) is 16.0 Å². The highest BCUT2D eigenvalue weighted by Gasteiger charge is 2.27. The molecule has 1 heterocycles. The average Bonchev–Trinajstić information content (AvgIpc) is 2.66. The second kappa shape index (κ2) is 10.0. The van der Waals surface area contributed by atoms with Crippen molar-refractivity contribution in [1.29, 1.82) is 0 Å². The predicted molar refractivity (Wildman–Crippen MR) is 104 cm³/mol. The molecule has 1 N–H and O–H groups in total. The average molecular weight is 361 g/mol. The van der Waals surface area contributed by atoms with Crippen LogP contribution in [0.3, 0.4) is 0 Å². The zero-order valence-electron chi connectivity index (χ0n) is 16.4. The molecule has 1 aromatic carbocycles. The number of hydrogen-bond acceptors (Lipinski definition) is 4. The lowest BCUT2D eigenvalue weighted by Crippen LogP contribution is -2.47. The Bertz CT molecular complexity index is 623. The van der Waals surface area contributed by atoms with Gasteiger partial charge in [0.15, 0.2) is 5.96 Å². The summed E-state index contributed by atoms with van der Waals surface area (Å²) in [5.74, 6) is 1.75. The van der Waals surface area contributed by atoms with E-state index in [4.69, 9.17) is 9.47 Å². The van der Waals surface area contributed by atoms with Gasteiger partial charge in [0, 0.05) is 26.7 Å². The van der Waals surface area contributed by atoms with Gasteiger partial charge in [-0.1, -0.05) is 17.7 Å². The van der Waals surface area contributed by atoms with E-state index >= 15 is 0 Å². The number of aryl methyl sites for hydroxylation is 1. The van der Waals surface area contributed by atoms with Gasteiger partial charge in [-0.15, -0.1) is 0 Å². The van der Waals surface area contributed by atoms with Crippen LogP contribution in [0.2, 0.25) is 0 Å². The second-order valence-corrected chi connectivity index (χ2v) is 6.55. The minimum absolute atomic E-state index is 0.0147. The number of carbonyl (C=O) groups is 1. The van der Waals surface area contributed by atoms with Crippen LogP contribution in [0, 0.1) is 12.8 Å². The van der Waals surface area contributed by atoms with Crippen molar-refractivity contribution < 1.29 is 14.3 Å². The van der Waals surface area contributed by atoms with Gasteiger partial charge in [0.2, 0.25) is 0 Å². The molecule has 0 unspecified atom stereocenters. The van der Waals surface area contributed by atoms with Gasteiger partial charge in [-0.05, 0) is 44.7 Å². The van der Waals surface area contributed by atoms with Crippen LogP contribution in [0.5, 0.6) is 5.75 Å². The maximum Gasteiger partial charge on any atom is 0.309 e. The summed E-state index contributed by atoms with van der Waals surface area (Å²) in [5.41, 5.74) is 2.42. The molecule has 0 saturated carbocycles. The first kappa shape index (κ1) is 20.1. The molecule has 1 fully saturated rings. The molecule has 2 rings (SSSR count). The van der Waals surface area contributed by atoms with E-state index < -0.39 is 0 Å². The van der Waals surface area contributed by atoms with Gasteiger partial charge < -0.3 is 19.7 Å². The number of nitrogens with zero attached hydrogens (tertiary/aromatic N) is 2. The van der Waals surface area contributed by atoms with Crippen LogP contribution in [0.1, 0.15) is 30.9 Å². The van der Waals surface area contributed by atoms with Gasteiger partial charge in [0.25, 0.3) is 0 Å². The van der Waals surface area contributed by atoms with Crippen molar-refractivity contribution in [2.75, 3.05) is 40.4 Å². The number of nitrogens with one attached hydrogen (secondary N) is 1. The van der Waals surface area contributed by atoms with Gasteiger partial charge in [0.05, 0.1) is 19.6 Å². The molecule has 0 aliphatic carbocycles. The first-order chi connectivity index (χ1) is 12.6. The van der Waals surface area contributed by atoms with Crippen molar-refractivity contribution in [3.8, 4) is 5.75 Å². The van der Waals surface area contributed by atoms with Crippen molar-refractivity contribution in [3.63, 3.8) is 0 Å². The topological polar surface area (TPSA) is 63.2 Å². The summed E-state index contributed by atoms with van der Waals surface area (Å²) in [5, 5.41) is 3.43. The van der Waals surface area contributed by atoms with Crippen molar-refractivity contribution in [1.82, 2.24) is 10.2 Å². The van der Waals surface area contributed by atoms with Gasteiger partial charge in [0.1, 0.15) is 5.75 Å². The van der Waals surface area contributed by atoms with Gasteiger partial charge >= 0.3 is 5.97 Å². The van der Waals surface area contributed by atoms with E-state index in [1.54, 1.807) is 14.2 Å². The van der Waals surface area contributed by atoms with Crippen LogP contribution in [0.25, 0.3) is 0 Å². The normalized spacial score (nSPS) is 15.7. The molecular weight excluding hydrogens is 330 g/mol. The van der Waals surface area contributed by atoms with Crippen molar-refractivity contribution in [2.24, 2.45) is 10.9 Å². The summed E-state index contributed by atoms with van der Waals surface area (Å²) in [4.78, 5) is 18.5. The maximum absolute atomic E-state index is 11.9. The van der Waals surface area contributed by atoms with Crippen molar-refractivity contribution >= 4 is 11.9 Å². The fraction of sp³-hybridized carbons (Fsp3) is 0.600. The van der Waals surface area contributed by atoms with E-state index in [1.807, 2.05) is 13.0 Å². The lowest BCUT2D eigenvalue weighted by Gasteiger charge is -2.33. The molecule has 6 nitrogen and oxygen atoms in total. The smallest absolute Gasteiger partial charge is 0.309 e. The van der Waals surface area contributed by atoms with E-state index in [9.17, 15) is 4.79 Å². The number of guanidine groups is 1. The summed E-state index contributed by atoms with van der Waals surface area (Å²) >= 11 is 0. The summed E-state index contributed by atoms with van der Waals surface area (Å²) in [7, 11) is 3.50. The van der Waals surface area contributed by atoms with Crippen LogP contribution < -0.4 is 10.1 Å². The molecule has 1 aliphatic rings. The summed E-state index contributed by atoms with van der Waals surface area (Å²) in [6, 6.07) is 6.23. The highest BCUT2D eigenvalue weighted by Crippen LogP contribution is 2.20. The Hall–Kier alpha value is -2.24. The number of piperidine rings is 1. The molecule has 1 saturated heterocycles. The van der Waals surface area contributed by atoms with Crippen LogP contribution >= 0.6 is 0 Å². The van der Waals surface area contributed by atoms with Gasteiger partial charge in [-0.2, -0.15) is 0 Å². The molecule has 0 spiro atoms. The summed E-state index contributed by atoms with van der Waals surface area (Å²) in [6.45, 7) is 6.80. The minimum atomic E-state index is -0.0679. The van der Waals surface area contributed by atoms with E-state index in [-0.39, 0.29) is 11.9 Å². The fourth-order valence-corrected chi connectivity index (χ4v) is 3.33. The van der Waals surface area contributed by atoms with E-state index in [1.165, 1.54) is 11.1 Å². The first-order valence-electron chi connectivity index (χ1n) is 9.34.